The van der Waals surface area contributed by atoms with Gasteiger partial charge in [-0.25, -0.2) is 9.60 Å². The minimum Gasteiger partial charge on any atom is -0.341 e. The van der Waals surface area contributed by atoms with Crippen LogP contribution in [0.15, 0.2) is 42.5 Å². The topological polar surface area (TPSA) is 117 Å². The minimum atomic E-state index is -4.76. The molecular weight excluding hydrogens is 558 g/mol. The van der Waals surface area contributed by atoms with Crippen molar-refractivity contribution in [2.24, 2.45) is 5.92 Å². The molecule has 0 aliphatic carbocycles. The fourth-order valence-corrected chi connectivity index (χ4v) is 5.64. The number of carbonyl (C=O) groups is 3. The molecule has 0 bridgehead atoms. The van der Waals surface area contributed by atoms with Crippen molar-refractivity contribution in [3.63, 3.8) is 0 Å². The van der Waals surface area contributed by atoms with E-state index in [-0.39, 0.29) is 19.0 Å². The Bertz CT molecular complexity index is 1460. The van der Waals surface area contributed by atoms with Crippen LogP contribution in [0.3, 0.4) is 0 Å². The van der Waals surface area contributed by atoms with Crippen LogP contribution in [-0.2, 0) is 15.8 Å². The molecule has 3 heterocycles. The largest absolute Gasteiger partial charge is 0.416 e. The van der Waals surface area contributed by atoms with Gasteiger partial charge in [-0.15, -0.1) is 5.10 Å². The van der Waals surface area contributed by atoms with Crippen molar-refractivity contribution in [3.8, 4) is 11.4 Å². The lowest BCUT2D eigenvalue weighted by Gasteiger charge is -2.44. The third-order valence-electron chi connectivity index (χ3n) is 8.07. The molecule has 0 radical (unpaired) electrons. The van der Waals surface area contributed by atoms with Crippen molar-refractivity contribution in [2.45, 2.75) is 44.4 Å². The van der Waals surface area contributed by atoms with Crippen LogP contribution >= 0.6 is 0 Å². The van der Waals surface area contributed by atoms with E-state index in [9.17, 15) is 31.9 Å². The zero-order valence-corrected chi connectivity index (χ0v) is 23.3. The van der Waals surface area contributed by atoms with Crippen molar-refractivity contribution in [1.82, 2.24) is 30.5 Å². The number of H-pyrrole nitrogens is 2. The first kappa shape index (κ1) is 29.1. The standard InChI is InChI=1S/C28H31F4N7O3/c1-16(2)22(33-24(40)20-14-18(28(30,31)32)6-9-21(20)29)25(41)38-12-10-27(11-13-38)26(42)37(3)15-39(27)19-7-4-17(5-8-19)23-34-36-35-23/h4-9,14,16,22,36H,10-13,15H2,1-3H3,(H,33,40)(H,34,35). The molecule has 2 saturated heterocycles. The van der Waals surface area contributed by atoms with Gasteiger partial charge in [0.15, 0.2) is 5.82 Å². The van der Waals surface area contributed by atoms with Crippen LogP contribution in [0.4, 0.5) is 23.2 Å². The number of aromatic amines is 2. The monoisotopic (exact) mass is 589 g/mol. The van der Waals surface area contributed by atoms with E-state index < -0.39 is 52.4 Å². The highest BCUT2D eigenvalue weighted by Crippen LogP contribution is 2.39. The van der Waals surface area contributed by atoms with E-state index >= 15 is 0 Å². The second-order valence-electron chi connectivity index (χ2n) is 11.1. The lowest BCUT2D eigenvalue weighted by atomic mass is 9.85. The van der Waals surface area contributed by atoms with Gasteiger partial charge in [-0.3, -0.25) is 19.5 Å². The number of aromatic nitrogens is 3. The molecule has 2 aliphatic heterocycles. The number of rotatable bonds is 6. The molecule has 224 valence electrons. The molecule has 10 nitrogen and oxygen atoms in total. The Labute approximate surface area is 239 Å². The highest BCUT2D eigenvalue weighted by atomic mass is 19.4. The van der Waals surface area contributed by atoms with Gasteiger partial charge in [-0.1, -0.05) is 13.8 Å². The number of nitrogens with zero attached hydrogens (tertiary/aromatic N) is 4. The smallest absolute Gasteiger partial charge is 0.341 e. The minimum absolute atomic E-state index is 0.0540. The number of likely N-dealkylation sites (tertiary alicyclic amines) is 1. The summed E-state index contributed by atoms with van der Waals surface area (Å²) in [5.41, 5.74) is -1.09. The van der Waals surface area contributed by atoms with Crippen LogP contribution in [0.1, 0.15) is 42.6 Å². The summed E-state index contributed by atoms with van der Waals surface area (Å²) in [6.07, 6.45) is -4.09. The third-order valence-corrected chi connectivity index (χ3v) is 8.07. The fourth-order valence-electron chi connectivity index (χ4n) is 5.64. The van der Waals surface area contributed by atoms with Gasteiger partial charge in [-0.2, -0.15) is 13.2 Å². The van der Waals surface area contributed by atoms with E-state index in [4.69, 9.17) is 0 Å². The molecule has 3 amide bonds. The number of piperidine rings is 1. The average molecular weight is 590 g/mol. The second kappa shape index (κ2) is 10.8. The molecule has 1 atom stereocenters. The Morgan fingerprint density at radius 3 is 2.26 bits per heavy atom. The molecule has 0 saturated carbocycles. The molecule has 2 fully saturated rings. The molecule has 1 spiro atoms. The van der Waals surface area contributed by atoms with Gasteiger partial charge in [0.05, 0.1) is 17.8 Å². The zero-order valence-electron chi connectivity index (χ0n) is 23.3. The van der Waals surface area contributed by atoms with E-state index in [0.717, 1.165) is 11.3 Å². The second-order valence-corrected chi connectivity index (χ2v) is 11.1. The number of hydrogen-bond acceptors (Lipinski definition) is 5. The molecular formula is C28H31F4N7O3. The summed E-state index contributed by atoms with van der Waals surface area (Å²) in [6.45, 7) is 4.17. The predicted molar refractivity (Wildman–Crippen MR) is 145 cm³/mol. The van der Waals surface area contributed by atoms with Gasteiger partial charge in [-0.05, 0) is 61.2 Å². The third kappa shape index (κ3) is 5.21. The number of halogens is 4. The van der Waals surface area contributed by atoms with Gasteiger partial charge < -0.3 is 20.0 Å². The fraction of sp³-hybridized carbons (Fsp3) is 0.429. The maximum Gasteiger partial charge on any atom is 0.416 e. The molecule has 1 aromatic heterocycles. The zero-order chi connectivity index (χ0) is 30.4. The lowest BCUT2D eigenvalue weighted by molar-refractivity contribution is -0.139. The van der Waals surface area contributed by atoms with Crippen molar-refractivity contribution in [3.05, 3.63) is 59.4 Å². The maximum absolute atomic E-state index is 14.3. The van der Waals surface area contributed by atoms with E-state index in [1.165, 1.54) is 0 Å². The highest BCUT2D eigenvalue weighted by molar-refractivity contribution is 5.98. The number of hydrogen-bond donors (Lipinski definition) is 3. The summed E-state index contributed by atoms with van der Waals surface area (Å²) in [4.78, 5) is 45.1. The Hall–Kier alpha value is -4.36. The SMILES string of the molecule is CC(C)C(NC(=O)c1cc(C(F)(F)F)ccc1F)C(=O)N1CCC2(CC1)C(=O)N(C)CN2c1ccc(-c2n[nH][nH]2)cc1. The Morgan fingerprint density at radius 1 is 1.07 bits per heavy atom. The first-order chi connectivity index (χ1) is 19.8. The summed E-state index contributed by atoms with van der Waals surface area (Å²) in [7, 11) is 1.73. The maximum atomic E-state index is 14.3. The molecule has 2 aromatic carbocycles. The molecule has 1 unspecified atom stereocenters. The quantitative estimate of drug-likeness (QED) is 0.380. The van der Waals surface area contributed by atoms with Crippen LogP contribution in [-0.4, -0.2) is 81.3 Å². The number of alkyl halides is 3. The van der Waals surface area contributed by atoms with Gasteiger partial charge >= 0.3 is 6.18 Å². The number of likely N-dealkylation sites (N-methyl/N-ethyl adjacent to an activating group) is 1. The number of benzene rings is 2. The number of anilines is 1. The Kier molecular flexibility index (Phi) is 7.50. The number of amides is 3. The number of carbonyl (C=O) groups excluding carboxylic acids is 3. The summed E-state index contributed by atoms with van der Waals surface area (Å²) >= 11 is 0. The average Bonchev–Trinajstić information content (AvgIpc) is 3.15. The normalized spacial score (nSPS) is 17.8. The summed E-state index contributed by atoms with van der Waals surface area (Å²) in [5, 5.41) is 12.0. The molecule has 3 aromatic rings. The predicted octanol–water partition coefficient (Wildman–Crippen LogP) is 3.61. The highest BCUT2D eigenvalue weighted by Gasteiger charge is 2.53. The van der Waals surface area contributed by atoms with Gasteiger partial charge in [0.25, 0.3) is 5.91 Å². The van der Waals surface area contributed by atoms with E-state index in [1.54, 1.807) is 30.7 Å². The van der Waals surface area contributed by atoms with E-state index in [0.29, 0.717) is 43.5 Å². The number of nitrogens with one attached hydrogen (secondary N) is 3. The van der Waals surface area contributed by atoms with Crippen molar-refractivity contribution in [1.29, 1.82) is 0 Å². The summed E-state index contributed by atoms with van der Waals surface area (Å²) in [6, 6.07) is 8.11. The van der Waals surface area contributed by atoms with E-state index in [1.807, 2.05) is 29.2 Å². The lowest BCUT2D eigenvalue weighted by Crippen LogP contribution is -2.60. The van der Waals surface area contributed by atoms with Gasteiger partial charge in [0, 0.05) is 31.4 Å². The summed E-state index contributed by atoms with van der Waals surface area (Å²) in [5.74, 6) is -2.47. The molecule has 3 N–H and O–H groups in total. The van der Waals surface area contributed by atoms with Gasteiger partial charge in [0.2, 0.25) is 11.8 Å². The Balaban J connectivity index is 1.30. The molecule has 14 heteroatoms. The first-order valence-electron chi connectivity index (χ1n) is 13.5. The van der Waals surface area contributed by atoms with Crippen molar-refractivity contribution in [2.75, 3.05) is 31.7 Å². The van der Waals surface area contributed by atoms with E-state index in [2.05, 4.69) is 20.7 Å². The van der Waals surface area contributed by atoms with Crippen LogP contribution in [0, 0.1) is 11.7 Å². The van der Waals surface area contributed by atoms with Crippen LogP contribution in [0.5, 0.6) is 0 Å². The van der Waals surface area contributed by atoms with Crippen LogP contribution < -0.4 is 10.2 Å². The van der Waals surface area contributed by atoms with Gasteiger partial charge in [0.1, 0.15) is 17.4 Å². The Morgan fingerprint density at radius 2 is 1.71 bits per heavy atom. The van der Waals surface area contributed by atoms with Crippen molar-refractivity contribution >= 4 is 23.4 Å². The molecule has 2 aliphatic rings. The first-order valence-corrected chi connectivity index (χ1v) is 13.5. The van der Waals surface area contributed by atoms with Crippen molar-refractivity contribution < 1.29 is 31.9 Å². The van der Waals surface area contributed by atoms with Crippen LogP contribution in [0.2, 0.25) is 0 Å². The van der Waals surface area contributed by atoms with Crippen LogP contribution in [0.25, 0.3) is 11.4 Å². The summed E-state index contributed by atoms with van der Waals surface area (Å²) < 4.78 is 53.8. The molecule has 5 rings (SSSR count). The molecule has 42 heavy (non-hydrogen) atoms.